The number of ether oxygens (including phenoxy) is 1. The van der Waals surface area contributed by atoms with Gasteiger partial charge in [0.05, 0.1) is 18.7 Å². The number of carbonyl (C=O) groups excluding carboxylic acids is 1. The van der Waals surface area contributed by atoms with Gasteiger partial charge in [-0.1, -0.05) is 18.2 Å². The van der Waals surface area contributed by atoms with Gasteiger partial charge < -0.3 is 15.8 Å². The van der Waals surface area contributed by atoms with Crippen LogP contribution in [0.1, 0.15) is 6.42 Å². The standard InChI is InChI=1S/C16H18N2O2S/c1-21-13-6-4-5-12(11-13)18-16(19)9-10-20-15-8-3-2-7-14(15)17/h2-8,11H,9-10,17H2,1H3,(H,18,19). The second-order valence-corrected chi connectivity index (χ2v) is 5.30. The lowest BCUT2D eigenvalue weighted by Gasteiger charge is -2.09. The summed E-state index contributed by atoms with van der Waals surface area (Å²) in [5, 5.41) is 2.85. The first-order chi connectivity index (χ1) is 10.2. The predicted octanol–water partition coefficient (Wildman–Crippen LogP) is 3.40. The number of benzene rings is 2. The molecule has 5 heteroatoms. The number of carbonyl (C=O) groups is 1. The van der Waals surface area contributed by atoms with Gasteiger partial charge in [-0.2, -0.15) is 0 Å². The first-order valence-corrected chi connectivity index (χ1v) is 7.82. The van der Waals surface area contributed by atoms with Crippen molar-refractivity contribution in [3.63, 3.8) is 0 Å². The number of amides is 1. The maximum absolute atomic E-state index is 11.9. The summed E-state index contributed by atoms with van der Waals surface area (Å²) >= 11 is 1.64. The van der Waals surface area contributed by atoms with Crippen molar-refractivity contribution < 1.29 is 9.53 Å². The maximum Gasteiger partial charge on any atom is 0.227 e. The highest BCUT2D eigenvalue weighted by Gasteiger charge is 2.05. The molecule has 0 aliphatic rings. The van der Waals surface area contributed by atoms with Crippen LogP contribution < -0.4 is 15.8 Å². The van der Waals surface area contributed by atoms with Crippen molar-refractivity contribution >= 4 is 29.0 Å². The van der Waals surface area contributed by atoms with Crippen LogP contribution in [0.5, 0.6) is 5.75 Å². The Morgan fingerprint density at radius 2 is 2.05 bits per heavy atom. The number of para-hydroxylation sites is 2. The zero-order valence-electron chi connectivity index (χ0n) is 11.8. The lowest BCUT2D eigenvalue weighted by molar-refractivity contribution is -0.116. The lowest BCUT2D eigenvalue weighted by Crippen LogP contribution is -2.15. The van der Waals surface area contributed by atoms with Gasteiger partial charge in [0, 0.05) is 10.6 Å². The van der Waals surface area contributed by atoms with Crippen LogP contribution in [0.2, 0.25) is 0 Å². The van der Waals surface area contributed by atoms with E-state index >= 15 is 0 Å². The number of thioether (sulfide) groups is 1. The molecule has 4 nitrogen and oxygen atoms in total. The van der Waals surface area contributed by atoms with Crippen molar-refractivity contribution in [1.82, 2.24) is 0 Å². The van der Waals surface area contributed by atoms with Gasteiger partial charge in [-0.15, -0.1) is 11.8 Å². The van der Waals surface area contributed by atoms with Crippen molar-refractivity contribution in [2.24, 2.45) is 0 Å². The predicted molar refractivity (Wildman–Crippen MR) is 87.8 cm³/mol. The molecule has 0 spiro atoms. The van der Waals surface area contributed by atoms with E-state index in [0.717, 1.165) is 10.6 Å². The summed E-state index contributed by atoms with van der Waals surface area (Å²) in [5.74, 6) is 0.525. The van der Waals surface area contributed by atoms with E-state index in [0.29, 0.717) is 18.0 Å². The smallest absolute Gasteiger partial charge is 0.227 e. The van der Waals surface area contributed by atoms with Crippen molar-refractivity contribution in [3.05, 3.63) is 48.5 Å². The number of nitrogen functional groups attached to an aromatic ring is 1. The second kappa shape index (κ2) is 7.59. The number of hydrogen-bond donors (Lipinski definition) is 2. The van der Waals surface area contributed by atoms with Crippen LogP contribution in [0.4, 0.5) is 11.4 Å². The maximum atomic E-state index is 11.9. The quantitative estimate of drug-likeness (QED) is 0.634. The summed E-state index contributed by atoms with van der Waals surface area (Å²) in [6.07, 6.45) is 2.27. The van der Waals surface area contributed by atoms with Gasteiger partial charge in [0.1, 0.15) is 5.75 Å². The Morgan fingerprint density at radius 1 is 1.24 bits per heavy atom. The summed E-state index contributed by atoms with van der Waals surface area (Å²) in [6.45, 7) is 0.294. The van der Waals surface area contributed by atoms with E-state index < -0.39 is 0 Å². The third-order valence-corrected chi connectivity index (χ3v) is 3.58. The van der Waals surface area contributed by atoms with Crippen molar-refractivity contribution in [3.8, 4) is 5.75 Å². The minimum atomic E-state index is -0.0808. The van der Waals surface area contributed by atoms with E-state index in [2.05, 4.69) is 5.32 Å². The summed E-state index contributed by atoms with van der Waals surface area (Å²) in [4.78, 5) is 13.0. The molecule has 0 heterocycles. The molecule has 2 rings (SSSR count). The average Bonchev–Trinajstić information content (AvgIpc) is 2.49. The zero-order valence-corrected chi connectivity index (χ0v) is 12.7. The minimum absolute atomic E-state index is 0.0808. The molecule has 110 valence electrons. The van der Waals surface area contributed by atoms with Gasteiger partial charge in [-0.3, -0.25) is 4.79 Å². The first kappa shape index (κ1) is 15.3. The van der Waals surface area contributed by atoms with Gasteiger partial charge in [0.15, 0.2) is 0 Å². The van der Waals surface area contributed by atoms with E-state index in [1.54, 1.807) is 23.9 Å². The molecule has 1 amide bonds. The summed E-state index contributed by atoms with van der Waals surface area (Å²) in [6, 6.07) is 15.0. The van der Waals surface area contributed by atoms with Crippen LogP contribution in [0.3, 0.4) is 0 Å². The number of rotatable bonds is 6. The second-order valence-electron chi connectivity index (χ2n) is 4.42. The molecule has 2 aromatic carbocycles. The van der Waals surface area contributed by atoms with Crippen molar-refractivity contribution in [1.29, 1.82) is 0 Å². The van der Waals surface area contributed by atoms with E-state index in [1.807, 2.05) is 42.7 Å². The van der Waals surface area contributed by atoms with Gasteiger partial charge >= 0.3 is 0 Å². The highest BCUT2D eigenvalue weighted by Crippen LogP contribution is 2.20. The van der Waals surface area contributed by atoms with Crippen LogP contribution in [0.15, 0.2) is 53.4 Å². The van der Waals surface area contributed by atoms with Gasteiger partial charge in [-0.05, 0) is 36.6 Å². The largest absolute Gasteiger partial charge is 0.491 e. The molecular formula is C16H18N2O2S. The molecule has 0 aliphatic heterocycles. The number of nitrogens with one attached hydrogen (secondary N) is 1. The molecule has 2 aromatic rings. The van der Waals surface area contributed by atoms with Gasteiger partial charge in [0.25, 0.3) is 0 Å². The minimum Gasteiger partial charge on any atom is -0.491 e. The summed E-state index contributed by atoms with van der Waals surface area (Å²) in [7, 11) is 0. The fraction of sp³-hybridized carbons (Fsp3) is 0.188. The molecule has 0 aromatic heterocycles. The van der Waals surface area contributed by atoms with E-state index in [4.69, 9.17) is 10.5 Å². The Labute approximate surface area is 128 Å². The molecule has 0 bridgehead atoms. The normalized spacial score (nSPS) is 10.1. The highest BCUT2D eigenvalue weighted by atomic mass is 32.2. The van der Waals surface area contributed by atoms with Crippen molar-refractivity contribution in [2.75, 3.05) is 23.9 Å². The number of anilines is 2. The molecule has 0 saturated carbocycles. The molecule has 0 fully saturated rings. The molecular weight excluding hydrogens is 284 g/mol. The fourth-order valence-electron chi connectivity index (χ4n) is 1.79. The monoisotopic (exact) mass is 302 g/mol. The van der Waals surface area contributed by atoms with Gasteiger partial charge in [0.2, 0.25) is 5.91 Å². The van der Waals surface area contributed by atoms with E-state index in [9.17, 15) is 4.79 Å². The molecule has 0 unspecified atom stereocenters. The topological polar surface area (TPSA) is 64.3 Å². The molecule has 21 heavy (non-hydrogen) atoms. The fourth-order valence-corrected chi connectivity index (χ4v) is 2.25. The van der Waals surface area contributed by atoms with Crippen LogP contribution in [0.25, 0.3) is 0 Å². The summed E-state index contributed by atoms with van der Waals surface area (Å²) < 4.78 is 5.50. The third kappa shape index (κ3) is 4.72. The molecule has 3 N–H and O–H groups in total. The van der Waals surface area contributed by atoms with E-state index in [1.165, 1.54) is 0 Å². The molecule has 0 radical (unpaired) electrons. The average molecular weight is 302 g/mol. The van der Waals surface area contributed by atoms with Crippen LogP contribution in [0, 0.1) is 0 Å². The molecule has 0 saturated heterocycles. The Kier molecular flexibility index (Phi) is 5.51. The number of nitrogens with two attached hydrogens (primary N) is 1. The summed E-state index contributed by atoms with van der Waals surface area (Å²) in [5.41, 5.74) is 7.14. The van der Waals surface area contributed by atoms with Crippen LogP contribution in [-0.2, 0) is 4.79 Å². The third-order valence-electron chi connectivity index (χ3n) is 2.86. The Hall–Kier alpha value is -2.14. The Balaban J connectivity index is 1.81. The Bertz CT molecular complexity index is 617. The van der Waals surface area contributed by atoms with Gasteiger partial charge in [-0.25, -0.2) is 0 Å². The van der Waals surface area contributed by atoms with Crippen LogP contribution in [-0.4, -0.2) is 18.8 Å². The van der Waals surface area contributed by atoms with Crippen LogP contribution >= 0.6 is 11.8 Å². The lowest BCUT2D eigenvalue weighted by atomic mass is 10.3. The molecule has 0 atom stereocenters. The zero-order chi connectivity index (χ0) is 15.1. The highest BCUT2D eigenvalue weighted by molar-refractivity contribution is 7.98. The van der Waals surface area contributed by atoms with Crippen molar-refractivity contribution in [2.45, 2.75) is 11.3 Å². The Morgan fingerprint density at radius 3 is 2.81 bits per heavy atom. The molecule has 0 aliphatic carbocycles. The first-order valence-electron chi connectivity index (χ1n) is 6.60. The SMILES string of the molecule is CSc1cccc(NC(=O)CCOc2ccccc2N)c1. The van der Waals surface area contributed by atoms with E-state index in [-0.39, 0.29) is 12.3 Å². The number of hydrogen-bond acceptors (Lipinski definition) is 4.